The molecule has 0 bridgehead atoms. The molecule has 0 aliphatic carbocycles. The van der Waals surface area contributed by atoms with Gasteiger partial charge in [0, 0.05) is 12.6 Å². The molecule has 0 atom stereocenters. The molecule has 0 saturated heterocycles. The van der Waals surface area contributed by atoms with Crippen molar-refractivity contribution in [1.82, 2.24) is 4.31 Å². The van der Waals surface area contributed by atoms with Crippen LogP contribution in [0.2, 0.25) is 0 Å². The molecule has 0 unspecified atom stereocenters. The first-order valence-electron chi connectivity index (χ1n) is 4.44. The molecule has 1 N–H and O–H groups in total. The molecule has 1 aliphatic rings. The quantitative estimate of drug-likeness (QED) is 0.729. The van der Waals surface area contributed by atoms with Gasteiger partial charge in [0.25, 0.3) is 10.0 Å². The summed E-state index contributed by atoms with van der Waals surface area (Å²) in [6.07, 6.45) is 0. The van der Waals surface area contributed by atoms with E-state index in [0.29, 0.717) is 11.3 Å². The summed E-state index contributed by atoms with van der Waals surface area (Å²) in [6.45, 7) is 1.57. The molecule has 1 heterocycles. The predicted molar refractivity (Wildman–Crippen MR) is 56.6 cm³/mol. The van der Waals surface area contributed by atoms with E-state index in [1.54, 1.807) is 25.1 Å². The molecule has 0 radical (unpaired) electrons. The van der Waals surface area contributed by atoms with Crippen molar-refractivity contribution in [2.45, 2.75) is 11.8 Å². The SMILES string of the molecule is CC1=C(O)c2ccccc2S(=O)(=O)N1C. The van der Waals surface area contributed by atoms with E-state index in [4.69, 9.17) is 0 Å². The van der Waals surface area contributed by atoms with Crippen LogP contribution in [0, 0.1) is 0 Å². The Morgan fingerprint density at radius 3 is 2.53 bits per heavy atom. The van der Waals surface area contributed by atoms with Gasteiger partial charge >= 0.3 is 0 Å². The second-order valence-corrected chi connectivity index (χ2v) is 5.34. The van der Waals surface area contributed by atoms with E-state index in [2.05, 4.69) is 0 Å². The molecule has 80 valence electrons. The Kier molecular flexibility index (Phi) is 2.01. The van der Waals surface area contributed by atoms with Crippen LogP contribution < -0.4 is 0 Å². The van der Waals surface area contributed by atoms with Crippen molar-refractivity contribution in [3.63, 3.8) is 0 Å². The van der Waals surface area contributed by atoms with Crippen molar-refractivity contribution in [1.29, 1.82) is 0 Å². The van der Waals surface area contributed by atoms with Gasteiger partial charge in [0.05, 0.1) is 10.6 Å². The van der Waals surface area contributed by atoms with Gasteiger partial charge in [-0.3, -0.25) is 4.31 Å². The summed E-state index contributed by atoms with van der Waals surface area (Å²) in [5.74, 6) is 0.0166. The topological polar surface area (TPSA) is 57.6 Å². The van der Waals surface area contributed by atoms with Crippen molar-refractivity contribution < 1.29 is 13.5 Å². The van der Waals surface area contributed by atoms with Crippen LogP contribution >= 0.6 is 0 Å². The minimum atomic E-state index is -3.49. The maximum Gasteiger partial charge on any atom is 0.264 e. The fourth-order valence-electron chi connectivity index (χ4n) is 1.56. The van der Waals surface area contributed by atoms with Gasteiger partial charge in [-0.15, -0.1) is 0 Å². The number of hydrogen-bond donors (Lipinski definition) is 1. The lowest BCUT2D eigenvalue weighted by atomic mass is 10.1. The molecule has 1 aliphatic heterocycles. The number of sulfonamides is 1. The molecule has 5 heteroatoms. The van der Waals surface area contributed by atoms with Crippen LogP contribution in [-0.2, 0) is 10.0 Å². The highest BCUT2D eigenvalue weighted by molar-refractivity contribution is 7.89. The summed E-state index contributed by atoms with van der Waals surface area (Å²) in [5, 5.41) is 9.81. The average molecular weight is 225 g/mol. The van der Waals surface area contributed by atoms with Crippen molar-refractivity contribution in [3.8, 4) is 0 Å². The maximum atomic E-state index is 11.9. The first kappa shape index (κ1) is 10.0. The number of benzene rings is 1. The van der Waals surface area contributed by atoms with E-state index in [9.17, 15) is 13.5 Å². The highest BCUT2D eigenvalue weighted by Crippen LogP contribution is 2.33. The standard InChI is InChI=1S/C10H11NO3S/c1-7-10(12)8-5-3-4-6-9(8)15(13,14)11(7)2/h3-6,12H,1-2H3. The minimum absolute atomic E-state index is 0.0166. The van der Waals surface area contributed by atoms with Crippen LogP contribution in [0.5, 0.6) is 0 Å². The van der Waals surface area contributed by atoms with Crippen LogP contribution in [0.4, 0.5) is 0 Å². The zero-order chi connectivity index (χ0) is 11.2. The number of fused-ring (bicyclic) bond motifs is 1. The van der Waals surface area contributed by atoms with Crippen molar-refractivity contribution >= 4 is 15.8 Å². The van der Waals surface area contributed by atoms with Crippen LogP contribution in [0.3, 0.4) is 0 Å². The van der Waals surface area contributed by atoms with E-state index in [1.807, 2.05) is 0 Å². The smallest absolute Gasteiger partial charge is 0.264 e. The second-order valence-electron chi connectivity index (χ2n) is 3.40. The van der Waals surface area contributed by atoms with Gasteiger partial charge in [0.2, 0.25) is 0 Å². The predicted octanol–water partition coefficient (Wildman–Crippen LogP) is 1.57. The summed E-state index contributed by atoms with van der Waals surface area (Å²) >= 11 is 0. The zero-order valence-corrected chi connectivity index (χ0v) is 9.25. The minimum Gasteiger partial charge on any atom is -0.505 e. The van der Waals surface area contributed by atoms with E-state index in [0.717, 1.165) is 4.31 Å². The Morgan fingerprint density at radius 1 is 1.27 bits per heavy atom. The Labute approximate surface area is 88.5 Å². The number of aliphatic hydroxyl groups excluding tert-OH is 1. The van der Waals surface area contributed by atoms with Gasteiger partial charge in [-0.05, 0) is 19.1 Å². The Morgan fingerprint density at radius 2 is 1.87 bits per heavy atom. The lowest BCUT2D eigenvalue weighted by molar-refractivity contribution is 0.462. The maximum absolute atomic E-state index is 11.9. The number of aliphatic hydroxyl groups is 1. The van der Waals surface area contributed by atoms with Gasteiger partial charge < -0.3 is 5.11 Å². The summed E-state index contributed by atoms with van der Waals surface area (Å²) in [7, 11) is -2.06. The molecule has 0 amide bonds. The Bertz CT molecular complexity index is 546. The fourth-order valence-corrected chi connectivity index (χ4v) is 2.99. The molecule has 1 aromatic carbocycles. The molecular weight excluding hydrogens is 214 g/mol. The highest BCUT2D eigenvalue weighted by atomic mass is 32.2. The first-order chi connectivity index (χ1) is 6.96. The van der Waals surface area contributed by atoms with Gasteiger partial charge in [-0.2, -0.15) is 0 Å². The molecule has 2 rings (SSSR count). The molecule has 0 fully saturated rings. The fraction of sp³-hybridized carbons (Fsp3) is 0.200. The number of allylic oxidation sites excluding steroid dienone is 1. The van der Waals surface area contributed by atoms with Crippen LogP contribution in [0.15, 0.2) is 34.9 Å². The highest BCUT2D eigenvalue weighted by Gasteiger charge is 2.31. The summed E-state index contributed by atoms with van der Waals surface area (Å²) in [4.78, 5) is 0.149. The van der Waals surface area contributed by atoms with Crippen molar-refractivity contribution in [2.75, 3.05) is 7.05 Å². The van der Waals surface area contributed by atoms with Crippen LogP contribution in [0.1, 0.15) is 12.5 Å². The van der Waals surface area contributed by atoms with E-state index < -0.39 is 10.0 Å². The average Bonchev–Trinajstić information content (AvgIpc) is 2.24. The summed E-state index contributed by atoms with van der Waals surface area (Å²) in [5.41, 5.74) is 0.710. The second kappa shape index (κ2) is 3.00. The molecule has 0 aromatic heterocycles. The van der Waals surface area contributed by atoms with Crippen LogP contribution in [0.25, 0.3) is 5.76 Å². The largest absolute Gasteiger partial charge is 0.505 e. The number of rotatable bonds is 0. The van der Waals surface area contributed by atoms with E-state index >= 15 is 0 Å². The van der Waals surface area contributed by atoms with E-state index in [-0.39, 0.29) is 10.7 Å². The Balaban J connectivity index is 2.86. The van der Waals surface area contributed by atoms with Gasteiger partial charge in [0.1, 0.15) is 5.76 Å². The molecule has 1 aromatic rings. The molecule has 0 spiro atoms. The third-order valence-corrected chi connectivity index (χ3v) is 4.50. The lowest BCUT2D eigenvalue weighted by Crippen LogP contribution is -2.30. The van der Waals surface area contributed by atoms with Crippen molar-refractivity contribution in [3.05, 3.63) is 35.5 Å². The molecular formula is C10H11NO3S. The molecule has 4 nitrogen and oxygen atoms in total. The third kappa shape index (κ3) is 1.23. The first-order valence-corrected chi connectivity index (χ1v) is 5.88. The van der Waals surface area contributed by atoms with Crippen LogP contribution in [-0.4, -0.2) is 24.9 Å². The molecule has 0 saturated carbocycles. The third-order valence-electron chi connectivity index (χ3n) is 2.60. The zero-order valence-electron chi connectivity index (χ0n) is 8.43. The van der Waals surface area contributed by atoms with Gasteiger partial charge in [0.15, 0.2) is 0 Å². The number of nitrogens with zero attached hydrogens (tertiary/aromatic N) is 1. The van der Waals surface area contributed by atoms with Gasteiger partial charge in [-0.1, -0.05) is 12.1 Å². The summed E-state index contributed by atoms with van der Waals surface area (Å²) < 4.78 is 25.0. The monoisotopic (exact) mass is 225 g/mol. The summed E-state index contributed by atoms with van der Waals surface area (Å²) in [6, 6.07) is 6.42. The van der Waals surface area contributed by atoms with Gasteiger partial charge in [-0.25, -0.2) is 8.42 Å². The lowest BCUT2D eigenvalue weighted by Gasteiger charge is -2.27. The van der Waals surface area contributed by atoms with E-state index in [1.165, 1.54) is 13.1 Å². The molecule has 15 heavy (non-hydrogen) atoms. The Hall–Kier alpha value is -1.49. The number of hydrogen-bond acceptors (Lipinski definition) is 3. The van der Waals surface area contributed by atoms with Crippen molar-refractivity contribution in [2.24, 2.45) is 0 Å². The normalized spacial score (nSPS) is 18.9.